The van der Waals surface area contributed by atoms with Crippen LogP contribution in [0.5, 0.6) is 0 Å². The summed E-state index contributed by atoms with van der Waals surface area (Å²) in [5.74, 6) is 1.07. The fourth-order valence-corrected chi connectivity index (χ4v) is 1.81. The zero-order valence-electron chi connectivity index (χ0n) is 7.61. The highest BCUT2D eigenvalue weighted by Crippen LogP contribution is 2.46. The Morgan fingerprint density at radius 2 is 2.31 bits per heavy atom. The van der Waals surface area contributed by atoms with Crippen molar-refractivity contribution in [2.75, 3.05) is 6.61 Å². The summed E-state index contributed by atoms with van der Waals surface area (Å²) in [5, 5.41) is 8.94. The van der Waals surface area contributed by atoms with E-state index in [-0.39, 0.29) is 0 Å². The van der Waals surface area contributed by atoms with Gasteiger partial charge in [0.25, 0.3) is 0 Å². The number of aliphatic hydroxyl groups excluding tert-OH is 1. The molecule has 2 rings (SSSR count). The highest BCUT2D eigenvalue weighted by Gasteiger charge is 2.37. The van der Waals surface area contributed by atoms with E-state index in [1.807, 2.05) is 12.1 Å². The van der Waals surface area contributed by atoms with Crippen molar-refractivity contribution in [2.24, 2.45) is 11.7 Å². The largest absolute Gasteiger partial charge is 0.396 e. The normalized spacial score (nSPS) is 26.0. The first kappa shape index (κ1) is 8.73. The SMILES string of the molecule is NCc1cccc(C2CC2CO)c1. The molecule has 2 nitrogen and oxygen atoms in total. The molecule has 2 heteroatoms. The average Bonchev–Trinajstić information content (AvgIpc) is 2.97. The second-order valence-electron chi connectivity index (χ2n) is 3.73. The predicted molar refractivity (Wildman–Crippen MR) is 52.3 cm³/mol. The lowest BCUT2D eigenvalue weighted by molar-refractivity contribution is 0.274. The molecule has 0 aliphatic heterocycles. The van der Waals surface area contributed by atoms with E-state index in [9.17, 15) is 0 Å². The van der Waals surface area contributed by atoms with Crippen molar-refractivity contribution in [1.82, 2.24) is 0 Å². The minimum Gasteiger partial charge on any atom is -0.396 e. The quantitative estimate of drug-likeness (QED) is 0.729. The van der Waals surface area contributed by atoms with E-state index >= 15 is 0 Å². The van der Waals surface area contributed by atoms with Gasteiger partial charge in [-0.2, -0.15) is 0 Å². The summed E-state index contributed by atoms with van der Waals surface area (Å²) in [5.41, 5.74) is 8.07. The molecule has 0 aromatic heterocycles. The summed E-state index contributed by atoms with van der Waals surface area (Å²) in [7, 11) is 0. The second-order valence-corrected chi connectivity index (χ2v) is 3.73. The van der Waals surface area contributed by atoms with E-state index in [1.54, 1.807) is 0 Å². The molecule has 0 amide bonds. The topological polar surface area (TPSA) is 46.2 Å². The van der Waals surface area contributed by atoms with Crippen molar-refractivity contribution in [3.63, 3.8) is 0 Å². The van der Waals surface area contributed by atoms with Gasteiger partial charge in [-0.15, -0.1) is 0 Å². The Hall–Kier alpha value is -0.860. The molecule has 2 unspecified atom stereocenters. The minimum absolute atomic E-state index is 0.317. The van der Waals surface area contributed by atoms with Crippen LogP contribution in [0, 0.1) is 5.92 Å². The van der Waals surface area contributed by atoms with Crippen molar-refractivity contribution in [2.45, 2.75) is 18.9 Å². The van der Waals surface area contributed by atoms with E-state index in [4.69, 9.17) is 10.8 Å². The lowest BCUT2D eigenvalue weighted by Gasteiger charge is -2.01. The molecular weight excluding hydrogens is 162 g/mol. The van der Waals surface area contributed by atoms with Crippen LogP contribution < -0.4 is 5.73 Å². The van der Waals surface area contributed by atoms with Gasteiger partial charge < -0.3 is 10.8 Å². The molecule has 0 saturated heterocycles. The maximum atomic E-state index is 8.94. The molecule has 1 aliphatic rings. The zero-order chi connectivity index (χ0) is 9.26. The Bertz CT molecular complexity index is 298. The van der Waals surface area contributed by atoms with Gasteiger partial charge >= 0.3 is 0 Å². The van der Waals surface area contributed by atoms with Crippen molar-refractivity contribution in [3.05, 3.63) is 35.4 Å². The summed E-state index contributed by atoms with van der Waals surface area (Å²) in [6.45, 7) is 0.919. The summed E-state index contributed by atoms with van der Waals surface area (Å²) in [6.07, 6.45) is 1.13. The Balaban J connectivity index is 2.13. The van der Waals surface area contributed by atoms with Crippen LogP contribution in [-0.2, 0) is 6.54 Å². The van der Waals surface area contributed by atoms with Gasteiger partial charge in [-0.1, -0.05) is 24.3 Å². The van der Waals surface area contributed by atoms with E-state index in [0.717, 1.165) is 6.42 Å². The first-order valence-electron chi connectivity index (χ1n) is 4.75. The molecule has 0 bridgehead atoms. The minimum atomic E-state index is 0.317. The van der Waals surface area contributed by atoms with Crippen LogP contribution in [0.4, 0.5) is 0 Å². The van der Waals surface area contributed by atoms with Crippen LogP contribution in [0.15, 0.2) is 24.3 Å². The maximum absolute atomic E-state index is 8.94. The molecule has 13 heavy (non-hydrogen) atoms. The highest BCUT2D eigenvalue weighted by atomic mass is 16.3. The monoisotopic (exact) mass is 177 g/mol. The standard InChI is InChI=1S/C11H15NO/c12-6-8-2-1-3-9(4-8)11-5-10(11)7-13/h1-4,10-11,13H,5-7,12H2. The second kappa shape index (κ2) is 3.48. The molecule has 0 spiro atoms. The molecule has 1 fully saturated rings. The third-order valence-electron chi connectivity index (χ3n) is 2.77. The van der Waals surface area contributed by atoms with Gasteiger partial charge in [0.15, 0.2) is 0 Å². The summed E-state index contributed by atoms with van der Waals surface area (Å²) >= 11 is 0. The van der Waals surface area contributed by atoms with E-state index in [1.165, 1.54) is 11.1 Å². The Morgan fingerprint density at radius 3 is 2.92 bits per heavy atom. The van der Waals surface area contributed by atoms with Crippen LogP contribution in [0.1, 0.15) is 23.5 Å². The van der Waals surface area contributed by atoms with Gasteiger partial charge in [0.1, 0.15) is 0 Å². The first-order chi connectivity index (χ1) is 6.35. The molecular formula is C11H15NO. The molecule has 2 atom stereocenters. The molecule has 0 radical (unpaired) electrons. The number of nitrogens with two attached hydrogens (primary N) is 1. The smallest absolute Gasteiger partial charge is 0.0465 e. The van der Waals surface area contributed by atoms with Gasteiger partial charge in [-0.05, 0) is 29.4 Å². The number of aliphatic hydroxyl groups is 1. The predicted octanol–water partition coefficient (Wildman–Crippen LogP) is 1.24. The van der Waals surface area contributed by atoms with E-state index < -0.39 is 0 Å². The summed E-state index contributed by atoms with van der Waals surface area (Å²) in [4.78, 5) is 0. The van der Waals surface area contributed by atoms with E-state index in [0.29, 0.717) is 25.0 Å². The Morgan fingerprint density at radius 1 is 1.46 bits per heavy atom. The molecule has 0 heterocycles. The number of benzene rings is 1. The van der Waals surface area contributed by atoms with Gasteiger partial charge in [0.2, 0.25) is 0 Å². The molecule has 1 aromatic carbocycles. The van der Waals surface area contributed by atoms with Crippen molar-refractivity contribution < 1.29 is 5.11 Å². The van der Waals surface area contributed by atoms with Crippen LogP contribution in [0.3, 0.4) is 0 Å². The summed E-state index contributed by atoms with van der Waals surface area (Å²) < 4.78 is 0. The van der Waals surface area contributed by atoms with Gasteiger partial charge in [0, 0.05) is 13.2 Å². The summed E-state index contributed by atoms with van der Waals surface area (Å²) in [6, 6.07) is 8.37. The lowest BCUT2D eigenvalue weighted by atomic mass is 10.1. The third-order valence-corrected chi connectivity index (χ3v) is 2.77. The molecule has 70 valence electrons. The van der Waals surface area contributed by atoms with Gasteiger partial charge in [0.05, 0.1) is 0 Å². The van der Waals surface area contributed by atoms with Crippen LogP contribution >= 0.6 is 0 Å². The molecule has 1 aromatic rings. The van der Waals surface area contributed by atoms with E-state index in [2.05, 4.69) is 12.1 Å². The number of hydrogen-bond donors (Lipinski definition) is 2. The molecule has 1 saturated carbocycles. The van der Waals surface area contributed by atoms with Crippen LogP contribution in [0.2, 0.25) is 0 Å². The Labute approximate surface area is 78.4 Å². The molecule has 3 N–H and O–H groups in total. The average molecular weight is 177 g/mol. The van der Waals surface area contributed by atoms with Crippen molar-refractivity contribution >= 4 is 0 Å². The van der Waals surface area contributed by atoms with Crippen molar-refractivity contribution in [1.29, 1.82) is 0 Å². The highest BCUT2D eigenvalue weighted by molar-refractivity contribution is 5.30. The first-order valence-corrected chi connectivity index (χ1v) is 4.75. The zero-order valence-corrected chi connectivity index (χ0v) is 7.61. The fraction of sp³-hybridized carbons (Fsp3) is 0.455. The fourth-order valence-electron chi connectivity index (χ4n) is 1.81. The Kier molecular flexibility index (Phi) is 2.34. The third kappa shape index (κ3) is 1.74. The van der Waals surface area contributed by atoms with Gasteiger partial charge in [-0.25, -0.2) is 0 Å². The number of rotatable bonds is 3. The maximum Gasteiger partial charge on any atom is 0.0465 e. The number of hydrogen-bond acceptors (Lipinski definition) is 2. The van der Waals surface area contributed by atoms with Crippen LogP contribution in [0.25, 0.3) is 0 Å². The molecule has 1 aliphatic carbocycles. The van der Waals surface area contributed by atoms with Crippen molar-refractivity contribution in [3.8, 4) is 0 Å². The van der Waals surface area contributed by atoms with Crippen LogP contribution in [-0.4, -0.2) is 11.7 Å². The van der Waals surface area contributed by atoms with Gasteiger partial charge in [-0.3, -0.25) is 0 Å². The lowest BCUT2D eigenvalue weighted by Crippen LogP contribution is -1.97.